The fourth-order valence-electron chi connectivity index (χ4n) is 3.11. The van der Waals surface area contributed by atoms with Crippen LogP contribution in [0, 0.1) is 5.92 Å². The highest BCUT2D eigenvalue weighted by Gasteiger charge is 2.38. The third-order valence-corrected chi connectivity index (χ3v) is 4.01. The highest BCUT2D eigenvalue weighted by Crippen LogP contribution is 2.49. The van der Waals surface area contributed by atoms with E-state index >= 15 is 0 Å². The van der Waals surface area contributed by atoms with E-state index < -0.39 is 6.09 Å². The van der Waals surface area contributed by atoms with E-state index in [1.54, 1.807) is 0 Å². The van der Waals surface area contributed by atoms with E-state index in [1.807, 2.05) is 17.3 Å². The summed E-state index contributed by atoms with van der Waals surface area (Å²) in [6.07, 6.45) is 7.85. The van der Waals surface area contributed by atoms with Gasteiger partial charge in [-0.05, 0) is 29.3 Å². The van der Waals surface area contributed by atoms with Gasteiger partial charge in [-0.15, -0.1) is 4.99 Å². The minimum atomic E-state index is -0.670. The Bertz CT molecular complexity index is 644. The topological polar surface area (TPSA) is 38.7 Å². The molecule has 2 aliphatic carbocycles. The number of hydrogen-bond acceptors (Lipinski definition) is 3. The maximum atomic E-state index is 11.3. The first-order chi connectivity index (χ1) is 9.81. The number of rotatable bonds is 2. The van der Waals surface area contributed by atoms with Gasteiger partial charge < -0.3 is 4.74 Å². The summed E-state index contributed by atoms with van der Waals surface area (Å²) in [7, 11) is 0. The van der Waals surface area contributed by atoms with Gasteiger partial charge in [-0.25, -0.2) is 4.79 Å². The molecule has 0 aromatic heterocycles. The van der Waals surface area contributed by atoms with Crippen LogP contribution in [0.3, 0.4) is 0 Å². The van der Waals surface area contributed by atoms with Crippen LogP contribution in [0.4, 0.5) is 4.79 Å². The fourth-order valence-corrected chi connectivity index (χ4v) is 3.19. The van der Waals surface area contributed by atoms with Crippen molar-refractivity contribution in [2.75, 3.05) is 6.61 Å². The van der Waals surface area contributed by atoms with Gasteiger partial charge in [-0.2, -0.15) is 0 Å². The molecule has 0 radical (unpaired) electrons. The number of amides is 1. The molecule has 3 unspecified atom stereocenters. The number of benzene rings is 1. The Morgan fingerprint density at radius 2 is 2.00 bits per heavy atom. The van der Waals surface area contributed by atoms with Crippen molar-refractivity contribution in [3.63, 3.8) is 0 Å². The van der Waals surface area contributed by atoms with Gasteiger partial charge in [0, 0.05) is 11.8 Å². The molecule has 1 aromatic rings. The molecule has 0 bridgehead atoms. The molecule has 0 saturated heterocycles. The highest BCUT2D eigenvalue weighted by molar-refractivity contribution is 7.78. The molecule has 4 heteroatoms. The second-order valence-corrected chi connectivity index (χ2v) is 5.07. The molecule has 1 aromatic carbocycles. The van der Waals surface area contributed by atoms with E-state index in [2.05, 4.69) is 53.6 Å². The average molecular weight is 283 g/mol. The summed E-state index contributed by atoms with van der Waals surface area (Å²) in [6, 6.07) is 8.32. The molecule has 0 fully saturated rings. The molecule has 0 spiro atoms. The molecule has 0 N–H and O–H groups in total. The third kappa shape index (κ3) is 2.24. The molecular weight excluding hydrogens is 270 g/mol. The number of aliphatic imine (C=N–C) groups is 1. The number of isothiocyanates is 1. The molecule has 3 rings (SSSR count). The number of nitrogens with zero attached hydrogens (tertiary/aromatic N) is 1. The maximum Gasteiger partial charge on any atom is 0.442 e. The minimum Gasteiger partial charge on any atom is -0.447 e. The molecule has 2 aliphatic rings. The molecule has 0 saturated carbocycles. The average Bonchev–Trinajstić information content (AvgIpc) is 2.80. The van der Waals surface area contributed by atoms with E-state index in [-0.39, 0.29) is 5.92 Å². The Labute approximate surface area is 122 Å². The zero-order chi connectivity index (χ0) is 13.9. The van der Waals surface area contributed by atoms with Crippen molar-refractivity contribution in [3.8, 4) is 0 Å². The van der Waals surface area contributed by atoms with Crippen molar-refractivity contribution < 1.29 is 9.53 Å². The van der Waals surface area contributed by atoms with Gasteiger partial charge in [-0.3, -0.25) is 0 Å². The molecule has 3 atom stereocenters. The van der Waals surface area contributed by atoms with Gasteiger partial charge in [0.1, 0.15) is 6.61 Å². The molecular formula is C16H13NO2S. The minimum absolute atomic E-state index is 0.168. The van der Waals surface area contributed by atoms with Gasteiger partial charge in [0.15, 0.2) is 0 Å². The van der Waals surface area contributed by atoms with Crippen LogP contribution in [0.1, 0.15) is 23.0 Å². The SMILES string of the molecule is O=C(N=C=S)OCC1c2ccccc2C2C=CC=CC21. The van der Waals surface area contributed by atoms with Crippen molar-refractivity contribution in [1.82, 2.24) is 0 Å². The van der Waals surface area contributed by atoms with Crippen LogP contribution in [-0.2, 0) is 4.74 Å². The quantitative estimate of drug-likeness (QED) is 0.611. The van der Waals surface area contributed by atoms with Gasteiger partial charge >= 0.3 is 6.09 Å². The van der Waals surface area contributed by atoms with Crippen molar-refractivity contribution in [2.45, 2.75) is 11.8 Å². The van der Waals surface area contributed by atoms with E-state index in [4.69, 9.17) is 4.74 Å². The Morgan fingerprint density at radius 3 is 2.80 bits per heavy atom. The van der Waals surface area contributed by atoms with Crippen LogP contribution in [0.2, 0.25) is 0 Å². The van der Waals surface area contributed by atoms with Gasteiger partial charge in [0.2, 0.25) is 0 Å². The van der Waals surface area contributed by atoms with E-state index in [0.717, 1.165) is 0 Å². The Balaban J connectivity index is 1.86. The largest absolute Gasteiger partial charge is 0.447 e. The lowest BCUT2D eigenvalue weighted by Crippen LogP contribution is -2.17. The van der Waals surface area contributed by atoms with Crippen LogP contribution in [0.15, 0.2) is 53.6 Å². The molecule has 100 valence electrons. The Morgan fingerprint density at radius 1 is 1.25 bits per heavy atom. The number of ether oxygens (including phenoxy) is 1. The summed E-state index contributed by atoms with van der Waals surface area (Å²) in [5, 5.41) is 2.03. The maximum absolute atomic E-state index is 11.3. The first-order valence-electron chi connectivity index (χ1n) is 6.49. The molecule has 0 heterocycles. The lowest BCUT2D eigenvalue weighted by molar-refractivity contribution is 0.144. The highest BCUT2D eigenvalue weighted by atomic mass is 32.1. The lowest BCUT2D eigenvalue weighted by atomic mass is 9.84. The first kappa shape index (κ1) is 13.0. The predicted molar refractivity (Wildman–Crippen MR) is 80.1 cm³/mol. The number of carbonyl (C=O) groups is 1. The second-order valence-electron chi connectivity index (χ2n) is 4.89. The predicted octanol–water partition coefficient (Wildman–Crippen LogP) is 3.85. The van der Waals surface area contributed by atoms with Crippen LogP contribution in [0.5, 0.6) is 0 Å². The van der Waals surface area contributed by atoms with Crippen LogP contribution in [-0.4, -0.2) is 17.9 Å². The number of thiocarbonyl (C=S) groups is 1. The summed E-state index contributed by atoms with van der Waals surface area (Å²) in [4.78, 5) is 14.6. The van der Waals surface area contributed by atoms with E-state index in [9.17, 15) is 4.79 Å². The summed E-state index contributed by atoms with van der Waals surface area (Å²) in [5.41, 5.74) is 2.57. The zero-order valence-electron chi connectivity index (χ0n) is 10.7. The van der Waals surface area contributed by atoms with Crippen molar-refractivity contribution in [3.05, 3.63) is 59.7 Å². The zero-order valence-corrected chi connectivity index (χ0v) is 11.5. The van der Waals surface area contributed by atoms with E-state index in [1.165, 1.54) is 11.1 Å². The first-order valence-corrected chi connectivity index (χ1v) is 6.90. The van der Waals surface area contributed by atoms with Crippen molar-refractivity contribution >= 4 is 23.5 Å². The third-order valence-electron chi connectivity index (χ3n) is 3.92. The normalized spacial score (nSPS) is 25.5. The standard InChI is InChI=1S/C16H13NO2S/c18-16(17-10-20)19-9-15-13-7-3-1-5-11(13)12-6-2-4-8-14(12)15/h1-8,11,13,15H,9H2. The van der Waals surface area contributed by atoms with Crippen LogP contribution < -0.4 is 0 Å². The summed E-state index contributed by atoms with van der Waals surface area (Å²) >= 11 is 4.40. The Kier molecular flexibility index (Phi) is 3.59. The lowest BCUT2D eigenvalue weighted by Gasteiger charge is -2.21. The summed E-state index contributed by atoms with van der Waals surface area (Å²) in [6.45, 7) is 0.315. The number of fused-ring (bicyclic) bond motifs is 3. The van der Waals surface area contributed by atoms with Gasteiger partial charge in [-0.1, -0.05) is 48.6 Å². The van der Waals surface area contributed by atoms with E-state index in [0.29, 0.717) is 18.4 Å². The molecule has 3 nitrogen and oxygen atoms in total. The summed E-state index contributed by atoms with van der Waals surface area (Å²) in [5.74, 6) is 0.872. The second kappa shape index (κ2) is 5.53. The molecule has 0 aliphatic heterocycles. The Hall–Kier alpha value is -2.03. The smallest absolute Gasteiger partial charge is 0.442 e. The molecule has 1 amide bonds. The summed E-state index contributed by atoms with van der Waals surface area (Å²) < 4.78 is 5.18. The van der Waals surface area contributed by atoms with Crippen molar-refractivity contribution in [1.29, 1.82) is 0 Å². The number of hydrogen-bond donors (Lipinski definition) is 0. The van der Waals surface area contributed by atoms with Crippen LogP contribution >= 0.6 is 12.2 Å². The fraction of sp³-hybridized carbons (Fsp3) is 0.250. The number of allylic oxidation sites excluding steroid dienone is 4. The monoisotopic (exact) mass is 283 g/mol. The van der Waals surface area contributed by atoms with Gasteiger partial charge in [0.25, 0.3) is 0 Å². The van der Waals surface area contributed by atoms with Gasteiger partial charge in [0.05, 0.1) is 5.16 Å². The number of carbonyl (C=O) groups excluding carboxylic acids is 1. The molecule has 20 heavy (non-hydrogen) atoms. The van der Waals surface area contributed by atoms with Crippen LogP contribution in [0.25, 0.3) is 0 Å². The van der Waals surface area contributed by atoms with Crippen molar-refractivity contribution in [2.24, 2.45) is 10.9 Å².